The van der Waals surface area contributed by atoms with Crippen molar-refractivity contribution in [3.05, 3.63) is 11.9 Å². The van der Waals surface area contributed by atoms with Crippen molar-refractivity contribution >= 4 is 0 Å². The van der Waals surface area contributed by atoms with Gasteiger partial charge in [0, 0.05) is 12.6 Å². The van der Waals surface area contributed by atoms with E-state index >= 15 is 0 Å². The van der Waals surface area contributed by atoms with Gasteiger partial charge in [-0.2, -0.15) is 5.10 Å². The van der Waals surface area contributed by atoms with Gasteiger partial charge in [0.15, 0.2) is 5.75 Å². The zero-order valence-corrected chi connectivity index (χ0v) is 10.6. The zero-order valence-electron chi connectivity index (χ0n) is 10.6. The number of rotatable bonds is 3. The average molecular weight is 240 g/mol. The molecule has 0 amide bonds. The number of aromatic nitrogens is 2. The molecule has 1 unspecified atom stereocenters. The summed E-state index contributed by atoms with van der Waals surface area (Å²) in [5, 5.41) is 15.0. The maximum atomic E-state index is 10.7. The van der Waals surface area contributed by atoms with Gasteiger partial charge in [0.25, 0.3) is 0 Å². The normalized spacial score (nSPS) is 25.2. The highest BCUT2D eigenvalue weighted by Crippen LogP contribution is 2.37. The molecule has 0 bridgehead atoms. The number of nitrogens with zero attached hydrogens (tertiary/aromatic N) is 2. The standard InChI is InChI=1S/C12H20N2O3/c1-9(2)14-11(10(16-3)7-13-14)12(15)5-4-6-17-8-12/h7,9,15H,4-6,8H2,1-3H3. The topological polar surface area (TPSA) is 56.5 Å². The molecule has 1 fully saturated rings. The third-order valence-electron chi connectivity index (χ3n) is 3.13. The minimum absolute atomic E-state index is 0.180. The molecule has 5 heteroatoms. The predicted molar refractivity (Wildman–Crippen MR) is 63.1 cm³/mol. The summed E-state index contributed by atoms with van der Waals surface area (Å²) in [5.74, 6) is 0.631. The number of hydrogen-bond acceptors (Lipinski definition) is 4. The summed E-state index contributed by atoms with van der Waals surface area (Å²) in [6.45, 7) is 5.08. The largest absolute Gasteiger partial charge is 0.493 e. The van der Waals surface area contributed by atoms with E-state index in [-0.39, 0.29) is 6.04 Å². The van der Waals surface area contributed by atoms with Crippen molar-refractivity contribution in [1.82, 2.24) is 9.78 Å². The fourth-order valence-electron chi connectivity index (χ4n) is 2.30. The Morgan fingerprint density at radius 2 is 2.35 bits per heavy atom. The van der Waals surface area contributed by atoms with Crippen LogP contribution in [0.25, 0.3) is 0 Å². The van der Waals surface area contributed by atoms with E-state index in [1.165, 1.54) is 0 Å². The van der Waals surface area contributed by atoms with Gasteiger partial charge in [-0.15, -0.1) is 0 Å². The Balaban J connectivity index is 2.43. The van der Waals surface area contributed by atoms with Gasteiger partial charge in [0.2, 0.25) is 0 Å². The van der Waals surface area contributed by atoms with Crippen molar-refractivity contribution in [3.63, 3.8) is 0 Å². The smallest absolute Gasteiger partial charge is 0.163 e. The monoisotopic (exact) mass is 240 g/mol. The molecule has 1 aliphatic rings. The molecular formula is C12H20N2O3. The lowest BCUT2D eigenvalue weighted by Gasteiger charge is -2.33. The van der Waals surface area contributed by atoms with E-state index in [2.05, 4.69) is 5.10 Å². The summed E-state index contributed by atoms with van der Waals surface area (Å²) in [6.07, 6.45) is 3.19. The fraction of sp³-hybridized carbons (Fsp3) is 0.750. The molecule has 2 rings (SSSR count). The number of aliphatic hydroxyl groups is 1. The first kappa shape index (κ1) is 12.4. The Labute approximate surface area is 101 Å². The van der Waals surface area contributed by atoms with Gasteiger partial charge in [0.05, 0.1) is 19.9 Å². The molecule has 1 aromatic heterocycles. The summed E-state index contributed by atoms with van der Waals surface area (Å²) >= 11 is 0. The maximum absolute atomic E-state index is 10.7. The number of hydrogen-bond donors (Lipinski definition) is 1. The highest BCUT2D eigenvalue weighted by molar-refractivity contribution is 5.31. The van der Waals surface area contributed by atoms with Crippen molar-refractivity contribution < 1.29 is 14.6 Å². The van der Waals surface area contributed by atoms with Gasteiger partial charge in [-0.3, -0.25) is 4.68 Å². The molecule has 1 aromatic rings. The van der Waals surface area contributed by atoms with E-state index in [0.29, 0.717) is 25.4 Å². The molecule has 5 nitrogen and oxygen atoms in total. The molecule has 1 N–H and O–H groups in total. The third kappa shape index (κ3) is 2.17. The van der Waals surface area contributed by atoms with Crippen LogP contribution in [0.5, 0.6) is 5.75 Å². The second-order valence-corrected chi connectivity index (χ2v) is 4.79. The molecule has 1 aliphatic heterocycles. The van der Waals surface area contributed by atoms with E-state index in [1.54, 1.807) is 13.3 Å². The second kappa shape index (κ2) is 4.66. The molecular weight excluding hydrogens is 220 g/mol. The summed E-state index contributed by atoms with van der Waals surface area (Å²) in [5.41, 5.74) is -0.251. The Hall–Kier alpha value is -1.07. The van der Waals surface area contributed by atoms with Gasteiger partial charge >= 0.3 is 0 Å². The first-order valence-corrected chi connectivity index (χ1v) is 6.00. The average Bonchev–Trinajstić information content (AvgIpc) is 2.74. The van der Waals surface area contributed by atoms with Crippen LogP contribution in [0.2, 0.25) is 0 Å². The lowest BCUT2D eigenvalue weighted by molar-refractivity contribution is -0.0965. The number of methoxy groups -OCH3 is 1. The molecule has 96 valence electrons. The Bertz CT molecular complexity index is 381. The van der Waals surface area contributed by atoms with Crippen molar-refractivity contribution in [3.8, 4) is 5.75 Å². The molecule has 0 radical (unpaired) electrons. The Morgan fingerprint density at radius 3 is 2.88 bits per heavy atom. The summed E-state index contributed by atoms with van der Waals surface area (Å²) in [6, 6.07) is 0.180. The van der Waals surface area contributed by atoms with Crippen LogP contribution in [0.4, 0.5) is 0 Å². The minimum Gasteiger partial charge on any atom is -0.493 e. The molecule has 0 aromatic carbocycles. The van der Waals surface area contributed by atoms with E-state index in [0.717, 1.165) is 12.1 Å². The molecule has 1 atom stereocenters. The zero-order chi connectivity index (χ0) is 12.5. The number of ether oxygens (including phenoxy) is 2. The summed E-state index contributed by atoms with van der Waals surface area (Å²) in [7, 11) is 1.60. The minimum atomic E-state index is -0.982. The highest BCUT2D eigenvalue weighted by atomic mass is 16.5. The van der Waals surface area contributed by atoms with Gasteiger partial charge in [-0.25, -0.2) is 0 Å². The van der Waals surface area contributed by atoms with E-state index in [4.69, 9.17) is 9.47 Å². The van der Waals surface area contributed by atoms with Crippen molar-refractivity contribution in [1.29, 1.82) is 0 Å². The van der Waals surface area contributed by atoms with Crippen molar-refractivity contribution in [2.45, 2.75) is 38.3 Å². The van der Waals surface area contributed by atoms with Gasteiger partial charge in [-0.05, 0) is 26.7 Å². The van der Waals surface area contributed by atoms with E-state index in [1.807, 2.05) is 18.5 Å². The van der Waals surface area contributed by atoms with Crippen LogP contribution in [0.1, 0.15) is 38.4 Å². The molecule has 0 saturated carbocycles. The second-order valence-electron chi connectivity index (χ2n) is 4.79. The van der Waals surface area contributed by atoms with Crippen molar-refractivity contribution in [2.24, 2.45) is 0 Å². The Kier molecular flexibility index (Phi) is 3.40. The first-order valence-electron chi connectivity index (χ1n) is 6.00. The lowest BCUT2D eigenvalue weighted by Crippen LogP contribution is -2.38. The van der Waals surface area contributed by atoms with Gasteiger partial charge in [-0.1, -0.05) is 0 Å². The highest BCUT2D eigenvalue weighted by Gasteiger charge is 2.38. The molecule has 17 heavy (non-hydrogen) atoms. The lowest BCUT2D eigenvalue weighted by atomic mass is 9.92. The Morgan fingerprint density at radius 1 is 1.59 bits per heavy atom. The van der Waals surface area contributed by atoms with E-state index < -0.39 is 5.60 Å². The maximum Gasteiger partial charge on any atom is 0.163 e. The quantitative estimate of drug-likeness (QED) is 0.869. The fourth-order valence-corrected chi connectivity index (χ4v) is 2.30. The van der Waals surface area contributed by atoms with Crippen LogP contribution in [0, 0.1) is 0 Å². The van der Waals surface area contributed by atoms with E-state index in [9.17, 15) is 5.11 Å². The predicted octanol–water partition coefficient (Wildman–Crippen LogP) is 1.47. The SMILES string of the molecule is COc1cnn(C(C)C)c1C1(O)CCCOC1. The van der Waals surface area contributed by atoms with Gasteiger partial charge in [0.1, 0.15) is 11.3 Å². The third-order valence-corrected chi connectivity index (χ3v) is 3.13. The van der Waals surface area contributed by atoms with Crippen LogP contribution in [0.3, 0.4) is 0 Å². The first-order chi connectivity index (χ1) is 8.08. The molecule has 1 saturated heterocycles. The van der Waals surface area contributed by atoms with Crippen molar-refractivity contribution in [2.75, 3.05) is 20.3 Å². The van der Waals surface area contributed by atoms with Crippen LogP contribution in [-0.4, -0.2) is 35.2 Å². The molecule has 2 heterocycles. The van der Waals surface area contributed by atoms with Crippen LogP contribution < -0.4 is 4.74 Å². The van der Waals surface area contributed by atoms with Crippen LogP contribution in [0.15, 0.2) is 6.20 Å². The summed E-state index contributed by atoms with van der Waals surface area (Å²) in [4.78, 5) is 0. The van der Waals surface area contributed by atoms with Gasteiger partial charge < -0.3 is 14.6 Å². The van der Waals surface area contributed by atoms with Crippen LogP contribution in [-0.2, 0) is 10.3 Å². The molecule has 0 aliphatic carbocycles. The summed E-state index contributed by atoms with van der Waals surface area (Å²) < 4.78 is 12.5. The van der Waals surface area contributed by atoms with Crippen LogP contribution >= 0.6 is 0 Å². The molecule has 0 spiro atoms.